The van der Waals surface area contributed by atoms with E-state index in [1.807, 2.05) is 6.92 Å². The molecule has 2 heterocycles. The first-order valence-electron chi connectivity index (χ1n) is 13.9. The van der Waals surface area contributed by atoms with Crippen LogP contribution in [0.2, 0.25) is 0 Å². The first-order chi connectivity index (χ1) is 20.5. The molecule has 5 amide bonds. The Morgan fingerprint density at radius 3 is 2.51 bits per heavy atom. The number of nitrogens with one attached hydrogen (secondary N) is 3. The van der Waals surface area contributed by atoms with Crippen LogP contribution in [-0.4, -0.2) is 84.0 Å². The first-order valence-corrected chi connectivity index (χ1v) is 13.9. The number of aliphatic hydroxyl groups excluding tert-OH is 1. The number of carbonyl (C=O) groups is 3. The number of likely N-dealkylation sites (N-methyl/N-ethyl adjacent to an activating group) is 1. The number of aromatic nitrogens is 1. The van der Waals surface area contributed by atoms with Crippen LogP contribution >= 0.6 is 0 Å². The number of rotatable bonds is 8. The van der Waals surface area contributed by atoms with Gasteiger partial charge in [0.15, 0.2) is 11.5 Å². The van der Waals surface area contributed by atoms with Crippen LogP contribution in [0, 0.1) is 19.8 Å². The average Bonchev–Trinajstić information content (AvgIpc) is 3.31. The Morgan fingerprint density at radius 1 is 1.16 bits per heavy atom. The molecule has 3 aromatic rings. The van der Waals surface area contributed by atoms with Crippen molar-refractivity contribution in [1.82, 2.24) is 15.0 Å². The summed E-state index contributed by atoms with van der Waals surface area (Å²) in [5.41, 5.74) is 2.03. The van der Waals surface area contributed by atoms with E-state index in [0.29, 0.717) is 28.6 Å². The maximum Gasteiger partial charge on any atom is 0.323 e. The van der Waals surface area contributed by atoms with Crippen LogP contribution in [0.25, 0.3) is 0 Å². The minimum absolute atomic E-state index is 0.164. The Labute approximate surface area is 250 Å². The van der Waals surface area contributed by atoms with Crippen LogP contribution in [0.1, 0.15) is 35.7 Å². The monoisotopic (exact) mass is 594 g/mol. The van der Waals surface area contributed by atoms with Gasteiger partial charge in [0.2, 0.25) is 0 Å². The Kier molecular flexibility index (Phi) is 9.76. The standard InChI is InChI=1S/C30H38N6O7/c1-17-14-36(18(2)16-37)28(38)23-8-7-9-24(32-29(39)33-26-19(3)34-43-20(26)4)27(23)42-25(17)15-35(5)30(40)31-21-10-12-22(41-6)13-11-21/h7-13,17-18,25,37H,14-16H2,1-6H3,(H,31,40)(H2,32,33,39)/t17-,18+,25+/m0/s1. The lowest BCUT2D eigenvalue weighted by Crippen LogP contribution is -2.50. The molecule has 43 heavy (non-hydrogen) atoms. The molecule has 1 aromatic heterocycles. The fraction of sp³-hybridized carbons (Fsp3) is 0.400. The lowest BCUT2D eigenvalue weighted by Gasteiger charge is -2.38. The zero-order valence-electron chi connectivity index (χ0n) is 25.1. The number of aliphatic hydroxyl groups is 1. The Bertz CT molecular complexity index is 1440. The molecule has 1 aliphatic heterocycles. The van der Waals surface area contributed by atoms with Crippen LogP contribution in [0.5, 0.6) is 11.5 Å². The summed E-state index contributed by atoms with van der Waals surface area (Å²) in [6.45, 7) is 7.27. The zero-order valence-corrected chi connectivity index (χ0v) is 25.1. The lowest BCUT2D eigenvalue weighted by molar-refractivity contribution is 0.0373. The molecule has 0 radical (unpaired) electrons. The van der Waals surface area contributed by atoms with Crippen molar-refractivity contribution in [3.8, 4) is 11.5 Å². The van der Waals surface area contributed by atoms with Gasteiger partial charge in [-0.3, -0.25) is 4.79 Å². The summed E-state index contributed by atoms with van der Waals surface area (Å²) in [7, 11) is 3.22. The van der Waals surface area contributed by atoms with Crippen molar-refractivity contribution in [2.45, 2.75) is 39.8 Å². The van der Waals surface area contributed by atoms with Crippen LogP contribution < -0.4 is 25.4 Å². The Balaban J connectivity index is 1.61. The molecule has 1 aliphatic rings. The van der Waals surface area contributed by atoms with Crippen LogP contribution in [0.3, 0.4) is 0 Å². The van der Waals surface area contributed by atoms with E-state index in [1.165, 1.54) is 4.90 Å². The second kappa shape index (κ2) is 13.5. The van der Waals surface area contributed by atoms with Gasteiger partial charge in [-0.2, -0.15) is 0 Å². The van der Waals surface area contributed by atoms with E-state index in [2.05, 4.69) is 21.1 Å². The number of fused-ring (bicyclic) bond motifs is 1. The van der Waals surface area contributed by atoms with E-state index in [9.17, 15) is 19.5 Å². The average molecular weight is 595 g/mol. The number of nitrogens with zero attached hydrogens (tertiary/aromatic N) is 3. The van der Waals surface area contributed by atoms with E-state index in [1.54, 1.807) is 82.3 Å². The summed E-state index contributed by atoms with van der Waals surface area (Å²) >= 11 is 0. The molecular formula is C30H38N6O7. The van der Waals surface area contributed by atoms with E-state index in [0.717, 1.165) is 0 Å². The summed E-state index contributed by atoms with van der Waals surface area (Å²) in [5.74, 6) is 0.675. The highest BCUT2D eigenvalue weighted by molar-refractivity contribution is 6.04. The van der Waals surface area contributed by atoms with Crippen molar-refractivity contribution >= 4 is 35.0 Å². The number of anilines is 3. The third-order valence-electron chi connectivity index (χ3n) is 7.35. The molecule has 3 atom stereocenters. The van der Waals surface area contributed by atoms with Crippen molar-refractivity contribution < 1.29 is 33.5 Å². The molecule has 0 unspecified atom stereocenters. The molecule has 4 rings (SSSR count). The van der Waals surface area contributed by atoms with Crippen LogP contribution in [0.4, 0.5) is 26.7 Å². The number of para-hydroxylation sites is 1. The summed E-state index contributed by atoms with van der Waals surface area (Å²) < 4.78 is 16.8. The van der Waals surface area contributed by atoms with Crippen LogP contribution in [0.15, 0.2) is 47.0 Å². The minimum atomic E-state index is -0.583. The van der Waals surface area contributed by atoms with Gasteiger partial charge in [-0.05, 0) is 57.2 Å². The summed E-state index contributed by atoms with van der Waals surface area (Å²) in [4.78, 5) is 42.9. The van der Waals surface area contributed by atoms with Crippen molar-refractivity contribution in [1.29, 1.82) is 0 Å². The molecule has 0 bridgehead atoms. The molecule has 0 saturated carbocycles. The minimum Gasteiger partial charge on any atom is -0.497 e. The predicted octanol–water partition coefficient (Wildman–Crippen LogP) is 4.33. The SMILES string of the molecule is COc1ccc(NC(=O)N(C)C[C@H]2Oc3c(NC(=O)Nc4c(C)noc4C)cccc3C(=O)N([C@H](C)CO)C[C@@H]2C)cc1. The first kappa shape index (κ1) is 31.2. The maximum atomic E-state index is 13.7. The predicted molar refractivity (Wildman–Crippen MR) is 161 cm³/mol. The third kappa shape index (κ3) is 7.17. The second-order valence-corrected chi connectivity index (χ2v) is 10.6. The number of methoxy groups -OCH3 is 1. The normalized spacial score (nSPS) is 17.1. The molecule has 0 fully saturated rings. The van der Waals surface area contributed by atoms with Crippen molar-refractivity contribution in [2.24, 2.45) is 5.92 Å². The van der Waals surface area contributed by atoms with E-state index in [4.69, 9.17) is 14.0 Å². The number of aryl methyl sites for hydroxylation is 2. The van der Waals surface area contributed by atoms with E-state index < -0.39 is 18.2 Å². The Hall–Kier alpha value is -4.78. The van der Waals surface area contributed by atoms with Gasteiger partial charge in [-0.25, -0.2) is 9.59 Å². The highest BCUT2D eigenvalue weighted by Gasteiger charge is 2.35. The summed E-state index contributed by atoms with van der Waals surface area (Å²) in [6.07, 6.45) is -0.583. The molecule has 0 saturated heterocycles. The van der Waals surface area contributed by atoms with Gasteiger partial charge in [0.1, 0.15) is 23.2 Å². The summed E-state index contributed by atoms with van der Waals surface area (Å²) in [5, 5.41) is 22.1. The topological polar surface area (TPSA) is 158 Å². The molecule has 13 nitrogen and oxygen atoms in total. The second-order valence-electron chi connectivity index (χ2n) is 10.6. The number of benzene rings is 2. The third-order valence-corrected chi connectivity index (χ3v) is 7.35. The van der Waals surface area contributed by atoms with E-state index >= 15 is 0 Å². The highest BCUT2D eigenvalue weighted by Crippen LogP contribution is 2.35. The number of carbonyl (C=O) groups excluding carboxylic acids is 3. The van der Waals surface area contributed by atoms with Crippen molar-refractivity contribution in [2.75, 3.05) is 49.8 Å². The van der Waals surface area contributed by atoms with Gasteiger partial charge < -0.3 is 44.9 Å². The fourth-order valence-electron chi connectivity index (χ4n) is 4.73. The molecule has 230 valence electrons. The zero-order chi connectivity index (χ0) is 31.3. The van der Waals surface area contributed by atoms with Gasteiger partial charge in [-0.15, -0.1) is 0 Å². The number of hydrogen-bond donors (Lipinski definition) is 4. The molecule has 0 spiro atoms. The summed E-state index contributed by atoms with van der Waals surface area (Å²) in [6, 6.07) is 10.4. The molecule has 4 N–H and O–H groups in total. The maximum absolute atomic E-state index is 13.7. The van der Waals surface area contributed by atoms with Gasteiger partial charge in [-0.1, -0.05) is 18.1 Å². The van der Waals surface area contributed by atoms with Gasteiger partial charge >= 0.3 is 12.1 Å². The van der Waals surface area contributed by atoms with E-state index in [-0.39, 0.29) is 54.6 Å². The number of ether oxygens (including phenoxy) is 2. The Morgan fingerprint density at radius 2 is 1.88 bits per heavy atom. The molecule has 0 aliphatic carbocycles. The largest absolute Gasteiger partial charge is 0.497 e. The van der Waals surface area contributed by atoms with Crippen molar-refractivity contribution in [3.63, 3.8) is 0 Å². The lowest BCUT2D eigenvalue weighted by atomic mass is 9.99. The van der Waals surface area contributed by atoms with Crippen molar-refractivity contribution in [3.05, 3.63) is 59.5 Å². The quantitative estimate of drug-likeness (QED) is 0.300. The number of urea groups is 2. The smallest absolute Gasteiger partial charge is 0.323 e. The number of amides is 5. The van der Waals surface area contributed by atoms with Gasteiger partial charge in [0, 0.05) is 25.2 Å². The number of hydrogen-bond acceptors (Lipinski definition) is 8. The molecular weight excluding hydrogens is 556 g/mol. The highest BCUT2D eigenvalue weighted by atomic mass is 16.5. The molecule has 2 aromatic carbocycles. The fourth-order valence-corrected chi connectivity index (χ4v) is 4.73. The van der Waals surface area contributed by atoms with Gasteiger partial charge in [0.05, 0.1) is 37.6 Å². The van der Waals surface area contributed by atoms with Crippen LogP contribution in [-0.2, 0) is 0 Å². The van der Waals surface area contributed by atoms with Gasteiger partial charge in [0.25, 0.3) is 5.91 Å². The molecule has 13 heteroatoms.